The van der Waals surface area contributed by atoms with Crippen molar-refractivity contribution in [1.29, 1.82) is 0 Å². The van der Waals surface area contributed by atoms with Crippen LogP contribution in [0.5, 0.6) is 17.4 Å². The fourth-order valence-electron chi connectivity index (χ4n) is 3.07. The number of methoxy groups -OCH3 is 1. The van der Waals surface area contributed by atoms with Crippen molar-refractivity contribution in [3.63, 3.8) is 0 Å². The Morgan fingerprint density at radius 2 is 1.72 bits per heavy atom. The average Bonchev–Trinajstić information content (AvgIpc) is 2.79. The van der Waals surface area contributed by atoms with Crippen molar-refractivity contribution in [1.82, 2.24) is 9.97 Å². The summed E-state index contributed by atoms with van der Waals surface area (Å²) < 4.78 is 11.1. The third-order valence-electron chi connectivity index (χ3n) is 4.55. The molecule has 0 unspecified atom stereocenters. The van der Waals surface area contributed by atoms with E-state index in [4.69, 9.17) is 9.47 Å². The van der Waals surface area contributed by atoms with E-state index < -0.39 is 6.03 Å². The number of carbonyl (C=O) groups excluding carboxylic acids is 2. The zero-order valence-electron chi connectivity index (χ0n) is 17.5. The first-order chi connectivity index (χ1) is 15.5. The number of nitrogens with zero attached hydrogens (tertiary/aromatic N) is 2. The fraction of sp³-hybridized carbons (Fsp3) is 0.0833. The van der Waals surface area contributed by atoms with E-state index in [1.165, 1.54) is 20.2 Å². The van der Waals surface area contributed by atoms with Crippen LogP contribution in [-0.2, 0) is 0 Å². The molecule has 2 heterocycles. The number of anilines is 2. The van der Waals surface area contributed by atoms with Gasteiger partial charge in [-0.1, -0.05) is 24.3 Å². The van der Waals surface area contributed by atoms with Gasteiger partial charge in [-0.15, -0.1) is 0 Å². The lowest BCUT2D eigenvalue weighted by Gasteiger charge is -2.12. The van der Waals surface area contributed by atoms with Gasteiger partial charge in [-0.3, -0.25) is 9.78 Å². The lowest BCUT2D eigenvalue weighted by atomic mass is 10.2. The van der Waals surface area contributed by atoms with Gasteiger partial charge in [0, 0.05) is 36.3 Å². The summed E-state index contributed by atoms with van der Waals surface area (Å²) in [6, 6.07) is 19.0. The van der Waals surface area contributed by atoms with Gasteiger partial charge in [0.1, 0.15) is 22.9 Å². The summed E-state index contributed by atoms with van der Waals surface area (Å²) in [6.45, 7) is 1.44. The monoisotopic (exact) mass is 428 g/mol. The molecule has 0 aliphatic carbocycles. The number of hydrogen-bond acceptors (Lipinski definition) is 6. The molecule has 0 radical (unpaired) electrons. The molecule has 2 aromatic heterocycles. The number of fused-ring (bicyclic) bond motifs is 1. The molecule has 2 N–H and O–H groups in total. The largest absolute Gasteiger partial charge is 0.479 e. The molecular weight excluding hydrogens is 408 g/mol. The van der Waals surface area contributed by atoms with Crippen LogP contribution in [0.25, 0.3) is 10.9 Å². The molecule has 2 amide bonds. The predicted octanol–water partition coefficient (Wildman–Crippen LogP) is 5.28. The highest BCUT2D eigenvalue weighted by molar-refractivity contribution is 6.02. The van der Waals surface area contributed by atoms with Crippen LogP contribution >= 0.6 is 0 Å². The molecule has 0 saturated carbocycles. The minimum Gasteiger partial charge on any atom is -0.479 e. The van der Waals surface area contributed by atoms with Crippen LogP contribution in [-0.4, -0.2) is 28.9 Å². The van der Waals surface area contributed by atoms with Crippen LogP contribution in [0, 0.1) is 0 Å². The van der Waals surface area contributed by atoms with E-state index in [2.05, 4.69) is 20.6 Å². The van der Waals surface area contributed by atoms with Crippen LogP contribution < -0.4 is 20.1 Å². The molecule has 8 heteroatoms. The second-order valence-corrected chi connectivity index (χ2v) is 6.88. The number of rotatable bonds is 6. The Balaban J connectivity index is 1.48. The lowest BCUT2D eigenvalue weighted by Crippen LogP contribution is -2.20. The number of benzene rings is 2. The molecule has 32 heavy (non-hydrogen) atoms. The van der Waals surface area contributed by atoms with Crippen LogP contribution in [0.2, 0.25) is 0 Å². The summed E-state index contributed by atoms with van der Waals surface area (Å²) in [5.74, 6) is 1.13. The number of aromatic nitrogens is 2. The Kier molecular flexibility index (Phi) is 5.94. The van der Waals surface area contributed by atoms with E-state index in [9.17, 15) is 9.59 Å². The Morgan fingerprint density at radius 3 is 2.53 bits per heavy atom. The Bertz CT molecular complexity index is 1310. The number of urea groups is 1. The first-order valence-electron chi connectivity index (χ1n) is 9.78. The minimum atomic E-state index is -0.458. The first-order valence-corrected chi connectivity index (χ1v) is 9.78. The maximum atomic E-state index is 12.6. The second kappa shape index (κ2) is 9.13. The summed E-state index contributed by atoms with van der Waals surface area (Å²) in [6.07, 6.45) is 1.51. The summed E-state index contributed by atoms with van der Waals surface area (Å²) in [5, 5.41) is 6.41. The Morgan fingerprint density at radius 1 is 0.906 bits per heavy atom. The lowest BCUT2D eigenvalue weighted by molar-refractivity contribution is 0.101. The van der Waals surface area contributed by atoms with E-state index in [0.717, 1.165) is 10.9 Å². The van der Waals surface area contributed by atoms with Crippen LogP contribution in [0.15, 0.2) is 72.9 Å². The maximum absolute atomic E-state index is 12.6. The van der Waals surface area contributed by atoms with Crippen molar-refractivity contribution >= 4 is 34.1 Å². The molecule has 0 spiro atoms. The number of pyridine rings is 2. The van der Waals surface area contributed by atoms with Gasteiger partial charge < -0.3 is 20.1 Å². The van der Waals surface area contributed by atoms with Crippen molar-refractivity contribution in [3.05, 3.63) is 78.6 Å². The highest BCUT2D eigenvalue weighted by Crippen LogP contribution is 2.28. The van der Waals surface area contributed by atoms with E-state index in [0.29, 0.717) is 34.4 Å². The third kappa shape index (κ3) is 4.81. The zero-order chi connectivity index (χ0) is 22.5. The van der Waals surface area contributed by atoms with Crippen LogP contribution in [0.3, 0.4) is 0 Å². The first kappa shape index (κ1) is 20.8. The van der Waals surface area contributed by atoms with Gasteiger partial charge in [0.2, 0.25) is 5.88 Å². The third-order valence-corrected chi connectivity index (χ3v) is 4.55. The second-order valence-electron chi connectivity index (χ2n) is 6.88. The van der Waals surface area contributed by atoms with Crippen molar-refractivity contribution < 1.29 is 19.1 Å². The van der Waals surface area contributed by atoms with E-state index in [-0.39, 0.29) is 5.78 Å². The summed E-state index contributed by atoms with van der Waals surface area (Å²) >= 11 is 0. The highest BCUT2D eigenvalue weighted by Gasteiger charge is 2.11. The molecule has 0 aliphatic heterocycles. The topological polar surface area (TPSA) is 102 Å². The normalized spacial score (nSPS) is 10.4. The number of amides is 2. The van der Waals surface area contributed by atoms with Gasteiger partial charge in [-0.05, 0) is 30.3 Å². The predicted molar refractivity (Wildman–Crippen MR) is 122 cm³/mol. The molecule has 0 aliphatic rings. The zero-order valence-corrected chi connectivity index (χ0v) is 17.5. The van der Waals surface area contributed by atoms with Gasteiger partial charge in [-0.25, -0.2) is 9.78 Å². The number of hydrogen-bond donors (Lipinski definition) is 2. The van der Waals surface area contributed by atoms with Crippen LogP contribution in [0.1, 0.15) is 17.4 Å². The van der Waals surface area contributed by atoms with Gasteiger partial charge in [0.15, 0.2) is 5.78 Å². The summed E-state index contributed by atoms with van der Waals surface area (Å²) in [7, 11) is 1.50. The standard InChI is InChI=1S/C24H20N4O4/c1-15(29)21-14-19(10-11-25-21)32-18-8-5-7-17(13-18)26-24(30)28-22-12-16-6-3-4-9-20(16)27-23(22)31-2/h3-14H,1-2H3,(H2,26,28,30). The molecule has 2 aromatic carbocycles. The summed E-state index contributed by atoms with van der Waals surface area (Å²) in [4.78, 5) is 32.5. The number of ketones is 1. The Labute approximate surface area is 184 Å². The molecule has 4 rings (SSSR count). The molecule has 4 aromatic rings. The number of nitrogens with one attached hydrogen (secondary N) is 2. The average molecular weight is 428 g/mol. The highest BCUT2D eigenvalue weighted by atomic mass is 16.5. The quantitative estimate of drug-likeness (QED) is 0.405. The molecule has 0 atom stereocenters. The molecule has 0 saturated heterocycles. The van der Waals surface area contributed by atoms with Crippen molar-refractivity contribution in [2.24, 2.45) is 0 Å². The number of Topliss-reactive ketones (excluding diaryl/α,β-unsaturated/α-hetero) is 1. The molecule has 160 valence electrons. The van der Waals surface area contributed by atoms with Crippen molar-refractivity contribution in [2.75, 3.05) is 17.7 Å². The SMILES string of the molecule is COc1nc2ccccc2cc1NC(=O)Nc1cccc(Oc2ccnc(C(C)=O)c2)c1. The van der Waals surface area contributed by atoms with E-state index >= 15 is 0 Å². The molecular formula is C24H20N4O4. The minimum absolute atomic E-state index is 0.152. The van der Waals surface area contributed by atoms with Gasteiger partial charge in [0.25, 0.3) is 0 Å². The van der Waals surface area contributed by atoms with Gasteiger partial charge >= 0.3 is 6.03 Å². The molecule has 8 nitrogen and oxygen atoms in total. The fourth-order valence-corrected chi connectivity index (χ4v) is 3.07. The molecule has 0 bridgehead atoms. The number of ether oxygens (including phenoxy) is 2. The van der Waals surface area contributed by atoms with E-state index in [1.54, 1.807) is 42.5 Å². The maximum Gasteiger partial charge on any atom is 0.323 e. The Hall–Kier alpha value is -4.46. The van der Waals surface area contributed by atoms with Crippen molar-refractivity contribution in [2.45, 2.75) is 6.92 Å². The van der Waals surface area contributed by atoms with Crippen LogP contribution in [0.4, 0.5) is 16.2 Å². The summed E-state index contributed by atoms with van der Waals surface area (Å²) in [5.41, 5.74) is 2.05. The molecule has 0 fully saturated rings. The number of para-hydroxylation sites is 1. The number of carbonyl (C=O) groups is 2. The van der Waals surface area contributed by atoms with Gasteiger partial charge in [0.05, 0.1) is 12.6 Å². The van der Waals surface area contributed by atoms with Gasteiger partial charge in [-0.2, -0.15) is 0 Å². The van der Waals surface area contributed by atoms with E-state index in [1.807, 2.05) is 24.3 Å². The smallest absolute Gasteiger partial charge is 0.323 e. The van der Waals surface area contributed by atoms with Crippen molar-refractivity contribution in [3.8, 4) is 17.4 Å².